The second kappa shape index (κ2) is 10.9. The topological polar surface area (TPSA) is 52.5 Å². The SMILES string of the molecule is CCN(CC)Cc1ccccc1CNC(=NC)NCCc1ncc(C)s1. The van der Waals surface area contributed by atoms with Crippen LogP contribution < -0.4 is 10.6 Å². The van der Waals surface area contributed by atoms with Crippen molar-refractivity contribution in [2.24, 2.45) is 4.99 Å². The van der Waals surface area contributed by atoms with Crippen molar-refractivity contribution in [2.45, 2.75) is 40.3 Å². The molecule has 26 heavy (non-hydrogen) atoms. The Morgan fingerprint density at radius 2 is 1.88 bits per heavy atom. The van der Waals surface area contributed by atoms with Gasteiger partial charge in [-0.2, -0.15) is 0 Å². The van der Waals surface area contributed by atoms with Crippen LogP contribution in [0.4, 0.5) is 0 Å². The highest BCUT2D eigenvalue weighted by Gasteiger charge is 2.07. The molecule has 0 bridgehead atoms. The first-order valence-corrected chi connectivity index (χ1v) is 10.1. The molecule has 0 saturated heterocycles. The van der Waals surface area contributed by atoms with Crippen LogP contribution in [-0.2, 0) is 19.5 Å². The molecule has 0 atom stereocenters. The van der Waals surface area contributed by atoms with Crippen molar-refractivity contribution in [2.75, 3.05) is 26.7 Å². The molecular weight excluding hydrogens is 342 g/mol. The Bertz CT molecular complexity index is 691. The quantitative estimate of drug-likeness (QED) is 0.523. The van der Waals surface area contributed by atoms with Gasteiger partial charge in [-0.1, -0.05) is 38.1 Å². The van der Waals surface area contributed by atoms with Gasteiger partial charge in [0.2, 0.25) is 0 Å². The van der Waals surface area contributed by atoms with Crippen LogP contribution in [0.1, 0.15) is 34.9 Å². The molecule has 0 aliphatic carbocycles. The van der Waals surface area contributed by atoms with Crippen molar-refractivity contribution in [1.82, 2.24) is 20.5 Å². The summed E-state index contributed by atoms with van der Waals surface area (Å²) in [5, 5.41) is 7.97. The monoisotopic (exact) mass is 373 g/mol. The number of aromatic nitrogens is 1. The molecule has 0 radical (unpaired) electrons. The molecule has 0 aliphatic heterocycles. The van der Waals surface area contributed by atoms with Gasteiger partial charge < -0.3 is 10.6 Å². The highest BCUT2D eigenvalue weighted by molar-refractivity contribution is 7.11. The number of guanidine groups is 1. The van der Waals surface area contributed by atoms with E-state index in [1.165, 1.54) is 16.0 Å². The zero-order valence-electron chi connectivity index (χ0n) is 16.4. The summed E-state index contributed by atoms with van der Waals surface area (Å²) in [5.74, 6) is 0.830. The van der Waals surface area contributed by atoms with Crippen LogP contribution in [-0.4, -0.2) is 42.5 Å². The summed E-state index contributed by atoms with van der Waals surface area (Å²) in [6.07, 6.45) is 2.84. The first kappa shape index (κ1) is 20.4. The summed E-state index contributed by atoms with van der Waals surface area (Å²) in [5.41, 5.74) is 2.69. The molecule has 6 heteroatoms. The second-order valence-electron chi connectivity index (χ2n) is 6.20. The number of hydrogen-bond acceptors (Lipinski definition) is 4. The van der Waals surface area contributed by atoms with Gasteiger partial charge >= 0.3 is 0 Å². The van der Waals surface area contributed by atoms with E-state index >= 15 is 0 Å². The molecule has 1 aromatic heterocycles. The average Bonchev–Trinajstić information content (AvgIpc) is 3.08. The molecule has 0 aliphatic rings. The number of thiazole rings is 1. The lowest BCUT2D eigenvalue weighted by molar-refractivity contribution is 0.295. The van der Waals surface area contributed by atoms with Gasteiger partial charge in [-0.3, -0.25) is 9.89 Å². The first-order valence-electron chi connectivity index (χ1n) is 9.31. The predicted molar refractivity (Wildman–Crippen MR) is 112 cm³/mol. The van der Waals surface area contributed by atoms with Gasteiger partial charge in [0.05, 0.1) is 5.01 Å². The van der Waals surface area contributed by atoms with E-state index in [9.17, 15) is 0 Å². The Labute approximate surface area is 161 Å². The third-order valence-electron chi connectivity index (χ3n) is 4.38. The van der Waals surface area contributed by atoms with Crippen molar-refractivity contribution in [3.8, 4) is 0 Å². The van der Waals surface area contributed by atoms with Gasteiger partial charge in [-0.05, 0) is 31.1 Å². The summed E-state index contributed by atoms with van der Waals surface area (Å²) < 4.78 is 0. The predicted octanol–water partition coefficient (Wildman–Crippen LogP) is 3.20. The largest absolute Gasteiger partial charge is 0.356 e. The number of benzene rings is 1. The van der Waals surface area contributed by atoms with E-state index in [0.717, 1.165) is 50.1 Å². The number of nitrogens with zero attached hydrogens (tertiary/aromatic N) is 3. The van der Waals surface area contributed by atoms with Crippen LogP contribution in [0.3, 0.4) is 0 Å². The normalized spacial score (nSPS) is 11.8. The lowest BCUT2D eigenvalue weighted by Crippen LogP contribution is -2.38. The third-order valence-corrected chi connectivity index (χ3v) is 5.35. The molecule has 2 N–H and O–H groups in total. The molecule has 1 aromatic carbocycles. The molecule has 2 rings (SSSR count). The van der Waals surface area contributed by atoms with E-state index in [1.54, 1.807) is 11.3 Å². The fourth-order valence-electron chi connectivity index (χ4n) is 2.78. The molecule has 0 unspecified atom stereocenters. The molecule has 0 saturated carbocycles. The zero-order chi connectivity index (χ0) is 18.8. The fraction of sp³-hybridized carbons (Fsp3) is 0.500. The van der Waals surface area contributed by atoms with Gasteiger partial charge in [-0.25, -0.2) is 4.98 Å². The summed E-state index contributed by atoms with van der Waals surface area (Å²) in [6.45, 7) is 11.2. The highest BCUT2D eigenvalue weighted by Crippen LogP contribution is 2.12. The third kappa shape index (κ3) is 6.42. The smallest absolute Gasteiger partial charge is 0.191 e. The van der Waals surface area contributed by atoms with Crippen molar-refractivity contribution in [1.29, 1.82) is 0 Å². The van der Waals surface area contributed by atoms with Gasteiger partial charge in [0, 0.05) is 44.2 Å². The number of aliphatic imine (C=N–C) groups is 1. The maximum Gasteiger partial charge on any atom is 0.191 e. The van der Waals surface area contributed by atoms with E-state index in [2.05, 4.69) is 70.5 Å². The molecule has 0 spiro atoms. The molecule has 0 fully saturated rings. The molecular formula is C20H31N5S. The number of nitrogens with one attached hydrogen (secondary N) is 2. The maximum atomic E-state index is 4.40. The Morgan fingerprint density at radius 1 is 1.15 bits per heavy atom. The summed E-state index contributed by atoms with van der Waals surface area (Å²) in [6, 6.07) is 8.63. The summed E-state index contributed by atoms with van der Waals surface area (Å²) >= 11 is 1.75. The number of hydrogen-bond donors (Lipinski definition) is 2. The summed E-state index contributed by atoms with van der Waals surface area (Å²) in [7, 11) is 1.81. The minimum absolute atomic E-state index is 0.771. The molecule has 5 nitrogen and oxygen atoms in total. The van der Waals surface area contributed by atoms with Crippen molar-refractivity contribution in [3.63, 3.8) is 0 Å². The lowest BCUT2D eigenvalue weighted by Gasteiger charge is -2.20. The second-order valence-corrected chi connectivity index (χ2v) is 7.52. The van der Waals surface area contributed by atoms with Crippen LogP contribution in [0.15, 0.2) is 35.5 Å². The lowest BCUT2D eigenvalue weighted by atomic mass is 10.1. The molecule has 0 amide bonds. The Kier molecular flexibility index (Phi) is 8.58. The van der Waals surface area contributed by atoms with Crippen LogP contribution in [0.25, 0.3) is 0 Å². The fourth-order valence-corrected chi connectivity index (χ4v) is 3.56. The highest BCUT2D eigenvalue weighted by atomic mass is 32.1. The average molecular weight is 374 g/mol. The van der Waals surface area contributed by atoms with Crippen LogP contribution in [0, 0.1) is 6.92 Å². The molecule has 1 heterocycles. The standard InChI is InChI=1S/C20H31N5S/c1-5-25(6-2)15-18-10-8-7-9-17(18)14-24-20(21-4)22-12-11-19-23-13-16(3)26-19/h7-10,13H,5-6,11-12,14-15H2,1-4H3,(H2,21,22,24). The van der Waals surface area contributed by atoms with Gasteiger partial charge in [0.25, 0.3) is 0 Å². The summed E-state index contributed by atoms with van der Waals surface area (Å²) in [4.78, 5) is 12.4. The minimum Gasteiger partial charge on any atom is -0.356 e. The van der Waals surface area contributed by atoms with E-state index in [1.807, 2.05) is 13.2 Å². The Balaban J connectivity index is 1.85. The van der Waals surface area contributed by atoms with E-state index in [-0.39, 0.29) is 0 Å². The number of rotatable bonds is 9. The van der Waals surface area contributed by atoms with Gasteiger partial charge in [-0.15, -0.1) is 11.3 Å². The molecule has 2 aromatic rings. The van der Waals surface area contributed by atoms with E-state index in [0.29, 0.717) is 0 Å². The maximum absolute atomic E-state index is 4.40. The van der Waals surface area contributed by atoms with Crippen LogP contribution >= 0.6 is 11.3 Å². The Morgan fingerprint density at radius 3 is 2.50 bits per heavy atom. The Hall–Kier alpha value is -1.92. The van der Waals surface area contributed by atoms with Gasteiger partial charge in [0.1, 0.15) is 0 Å². The minimum atomic E-state index is 0.771. The molecule has 142 valence electrons. The van der Waals surface area contributed by atoms with E-state index < -0.39 is 0 Å². The van der Waals surface area contributed by atoms with Gasteiger partial charge in [0.15, 0.2) is 5.96 Å². The van der Waals surface area contributed by atoms with Crippen LogP contribution in [0.5, 0.6) is 0 Å². The number of aryl methyl sites for hydroxylation is 1. The van der Waals surface area contributed by atoms with Crippen molar-refractivity contribution >= 4 is 17.3 Å². The van der Waals surface area contributed by atoms with Crippen molar-refractivity contribution < 1.29 is 0 Å². The van der Waals surface area contributed by atoms with E-state index in [4.69, 9.17) is 0 Å². The zero-order valence-corrected chi connectivity index (χ0v) is 17.2. The van der Waals surface area contributed by atoms with Crippen LogP contribution in [0.2, 0.25) is 0 Å². The first-order chi connectivity index (χ1) is 12.7. The van der Waals surface area contributed by atoms with Crippen molar-refractivity contribution in [3.05, 3.63) is 51.5 Å².